The van der Waals surface area contributed by atoms with E-state index < -0.39 is 0 Å². The van der Waals surface area contributed by atoms with E-state index in [1.54, 1.807) is 0 Å². The number of nitrogens with zero attached hydrogens (tertiary/aromatic N) is 2. The zero-order valence-corrected chi connectivity index (χ0v) is 12.0. The smallest absolute Gasteiger partial charge is 0.244 e. The monoisotopic (exact) mass is 309 g/mol. The molecule has 2 unspecified atom stereocenters. The second kappa shape index (κ2) is 5.63. The Morgan fingerprint density at radius 2 is 2.11 bits per heavy atom. The van der Waals surface area contributed by atoms with Crippen LogP contribution in [-0.4, -0.2) is 10.1 Å². The lowest BCUT2D eigenvalue weighted by atomic mass is 10.0. The van der Waals surface area contributed by atoms with Gasteiger partial charge in [0.15, 0.2) is 0 Å². The quantitative estimate of drug-likeness (QED) is 0.938. The van der Waals surface area contributed by atoms with Gasteiger partial charge in [-0.3, -0.25) is 0 Å². The van der Waals surface area contributed by atoms with Gasteiger partial charge in [0.1, 0.15) is 0 Å². The number of aromatic nitrogens is 2. The van der Waals surface area contributed by atoms with Gasteiger partial charge in [0, 0.05) is 10.0 Å². The van der Waals surface area contributed by atoms with Crippen LogP contribution in [0.15, 0.2) is 33.3 Å². The summed E-state index contributed by atoms with van der Waals surface area (Å²) >= 11 is 3.47. The van der Waals surface area contributed by atoms with Crippen molar-refractivity contribution >= 4 is 15.9 Å². The van der Waals surface area contributed by atoms with Crippen molar-refractivity contribution in [2.24, 2.45) is 11.7 Å². The van der Waals surface area contributed by atoms with E-state index in [-0.39, 0.29) is 6.04 Å². The second-order valence-electron chi connectivity index (χ2n) is 4.35. The zero-order valence-electron chi connectivity index (χ0n) is 10.4. The molecule has 0 fully saturated rings. The van der Waals surface area contributed by atoms with E-state index in [9.17, 15) is 0 Å². The molecule has 4 nitrogen and oxygen atoms in total. The van der Waals surface area contributed by atoms with E-state index in [2.05, 4.69) is 39.9 Å². The van der Waals surface area contributed by atoms with Gasteiger partial charge in [-0.1, -0.05) is 53.5 Å². The number of benzene rings is 1. The number of hydrogen-bond donors (Lipinski definition) is 1. The predicted molar refractivity (Wildman–Crippen MR) is 73.8 cm³/mol. The third-order valence-corrected chi connectivity index (χ3v) is 3.79. The molecular weight excluding hydrogens is 294 g/mol. The van der Waals surface area contributed by atoms with Gasteiger partial charge >= 0.3 is 0 Å². The Hall–Kier alpha value is -1.20. The van der Waals surface area contributed by atoms with Gasteiger partial charge in [-0.15, -0.1) is 0 Å². The first-order valence-corrected chi connectivity index (χ1v) is 6.76. The number of halogens is 1. The zero-order chi connectivity index (χ0) is 13.1. The van der Waals surface area contributed by atoms with Gasteiger partial charge in [-0.2, -0.15) is 4.98 Å². The van der Waals surface area contributed by atoms with Gasteiger partial charge in [-0.05, 0) is 18.1 Å². The van der Waals surface area contributed by atoms with E-state index >= 15 is 0 Å². The number of nitrogens with two attached hydrogens (primary N) is 1. The van der Waals surface area contributed by atoms with Crippen molar-refractivity contribution in [2.75, 3.05) is 0 Å². The number of rotatable bonds is 4. The summed E-state index contributed by atoms with van der Waals surface area (Å²) in [4.78, 5) is 4.38. The lowest BCUT2D eigenvalue weighted by Crippen LogP contribution is -2.18. The largest absolute Gasteiger partial charge is 0.337 e. The maximum absolute atomic E-state index is 6.07. The molecule has 1 aromatic heterocycles. The molecule has 1 heterocycles. The molecule has 0 aliphatic rings. The minimum atomic E-state index is -0.210. The Balaban J connectivity index is 2.29. The van der Waals surface area contributed by atoms with Crippen LogP contribution in [0.3, 0.4) is 0 Å². The van der Waals surface area contributed by atoms with E-state index in [0.29, 0.717) is 17.6 Å². The molecule has 18 heavy (non-hydrogen) atoms. The molecule has 2 N–H and O–H groups in total. The molecule has 1 aromatic carbocycles. The van der Waals surface area contributed by atoms with Gasteiger partial charge in [-0.25, -0.2) is 0 Å². The van der Waals surface area contributed by atoms with Crippen LogP contribution in [0.1, 0.15) is 32.2 Å². The fraction of sp³-hybridized carbons (Fsp3) is 0.385. The average Bonchev–Trinajstić information content (AvgIpc) is 2.87. The van der Waals surface area contributed by atoms with Crippen molar-refractivity contribution < 1.29 is 4.52 Å². The molecule has 2 rings (SSSR count). The van der Waals surface area contributed by atoms with Crippen LogP contribution in [0.2, 0.25) is 0 Å². The van der Waals surface area contributed by atoms with Crippen molar-refractivity contribution in [3.63, 3.8) is 0 Å². The minimum Gasteiger partial charge on any atom is -0.337 e. The molecular formula is C13H16BrN3O. The summed E-state index contributed by atoms with van der Waals surface area (Å²) in [7, 11) is 0. The predicted octanol–water partition coefficient (Wildman–Crippen LogP) is 3.55. The van der Waals surface area contributed by atoms with Gasteiger partial charge in [0.05, 0.1) is 6.04 Å². The summed E-state index contributed by atoms with van der Waals surface area (Å²) in [6.45, 7) is 4.17. The summed E-state index contributed by atoms with van der Waals surface area (Å²) in [6, 6.07) is 7.55. The fourth-order valence-corrected chi connectivity index (χ4v) is 2.08. The standard InChI is InChI=1S/C13H16BrN3O/c1-3-8(2)11(15)13-16-12(17-18-13)9-6-4-5-7-10(9)14/h4-8,11H,3,15H2,1-2H3. The normalized spacial score (nSPS) is 14.4. The van der Waals surface area contributed by atoms with Crippen molar-refractivity contribution in [3.05, 3.63) is 34.6 Å². The van der Waals surface area contributed by atoms with Crippen molar-refractivity contribution in [2.45, 2.75) is 26.3 Å². The van der Waals surface area contributed by atoms with Gasteiger partial charge in [0.25, 0.3) is 0 Å². The lowest BCUT2D eigenvalue weighted by molar-refractivity contribution is 0.312. The Bertz CT molecular complexity index is 526. The lowest BCUT2D eigenvalue weighted by Gasteiger charge is -2.12. The summed E-state index contributed by atoms with van der Waals surface area (Å²) < 4.78 is 6.19. The minimum absolute atomic E-state index is 0.210. The van der Waals surface area contributed by atoms with E-state index in [1.807, 2.05) is 24.3 Å². The summed E-state index contributed by atoms with van der Waals surface area (Å²) in [6.07, 6.45) is 0.980. The van der Waals surface area contributed by atoms with Crippen LogP contribution in [0.4, 0.5) is 0 Å². The molecule has 0 bridgehead atoms. The van der Waals surface area contributed by atoms with Crippen molar-refractivity contribution in [3.8, 4) is 11.4 Å². The Kier molecular flexibility index (Phi) is 4.14. The summed E-state index contributed by atoms with van der Waals surface area (Å²) in [5.74, 6) is 1.38. The third kappa shape index (κ3) is 2.62. The second-order valence-corrected chi connectivity index (χ2v) is 5.20. The molecule has 2 atom stereocenters. The van der Waals surface area contributed by atoms with E-state index in [0.717, 1.165) is 16.5 Å². The highest BCUT2D eigenvalue weighted by Crippen LogP contribution is 2.27. The molecule has 0 aliphatic carbocycles. The highest BCUT2D eigenvalue weighted by atomic mass is 79.9. The molecule has 2 aromatic rings. The Labute approximate surface area is 115 Å². The molecule has 96 valence electrons. The maximum Gasteiger partial charge on any atom is 0.244 e. The fourth-order valence-electron chi connectivity index (χ4n) is 1.62. The van der Waals surface area contributed by atoms with Gasteiger partial charge < -0.3 is 10.3 Å². The van der Waals surface area contributed by atoms with Crippen LogP contribution in [0.5, 0.6) is 0 Å². The maximum atomic E-state index is 6.07. The third-order valence-electron chi connectivity index (χ3n) is 3.10. The average molecular weight is 310 g/mol. The van der Waals surface area contributed by atoms with Crippen LogP contribution >= 0.6 is 15.9 Å². The Morgan fingerprint density at radius 3 is 2.78 bits per heavy atom. The van der Waals surface area contributed by atoms with Crippen LogP contribution in [-0.2, 0) is 0 Å². The molecule has 0 amide bonds. The summed E-state index contributed by atoms with van der Waals surface area (Å²) in [5, 5.41) is 3.99. The van der Waals surface area contributed by atoms with Crippen molar-refractivity contribution in [1.29, 1.82) is 0 Å². The van der Waals surface area contributed by atoms with E-state index in [1.165, 1.54) is 0 Å². The molecule has 0 saturated carbocycles. The first-order valence-electron chi connectivity index (χ1n) is 5.97. The highest BCUT2D eigenvalue weighted by Gasteiger charge is 2.20. The summed E-state index contributed by atoms with van der Waals surface area (Å²) in [5.41, 5.74) is 6.98. The van der Waals surface area contributed by atoms with Crippen LogP contribution in [0.25, 0.3) is 11.4 Å². The molecule has 0 aliphatic heterocycles. The van der Waals surface area contributed by atoms with E-state index in [4.69, 9.17) is 10.3 Å². The first-order chi connectivity index (χ1) is 8.63. The molecule has 0 radical (unpaired) electrons. The molecule has 5 heteroatoms. The van der Waals surface area contributed by atoms with Crippen LogP contribution in [0, 0.1) is 5.92 Å². The van der Waals surface area contributed by atoms with Crippen LogP contribution < -0.4 is 5.73 Å². The first kappa shape index (κ1) is 13.2. The Morgan fingerprint density at radius 1 is 1.39 bits per heavy atom. The molecule has 0 spiro atoms. The number of hydrogen-bond acceptors (Lipinski definition) is 4. The highest BCUT2D eigenvalue weighted by molar-refractivity contribution is 9.10. The topological polar surface area (TPSA) is 64.9 Å². The van der Waals surface area contributed by atoms with Gasteiger partial charge in [0.2, 0.25) is 11.7 Å². The van der Waals surface area contributed by atoms with Crippen molar-refractivity contribution in [1.82, 2.24) is 10.1 Å². The SMILES string of the molecule is CCC(C)C(N)c1nc(-c2ccccc2Br)no1. The molecule has 0 saturated heterocycles.